The van der Waals surface area contributed by atoms with Crippen molar-refractivity contribution in [2.24, 2.45) is 0 Å². The molecule has 24 heavy (non-hydrogen) atoms. The number of benzene rings is 1. The molecule has 0 saturated carbocycles. The first-order chi connectivity index (χ1) is 11.6. The monoisotopic (exact) mass is 348 g/mol. The molecule has 3 rings (SSSR count). The normalized spacial score (nSPS) is 22.2. The molecule has 2 fully saturated rings. The number of nitrogens with zero attached hydrogens (tertiary/aromatic N) is 1. The SMILES string of the molecule is Cc1ccc(C(CNC(=O)C2(O)CCSCC2)N2CCCC2)cc1. The zero-order chi connectivity index (χ0) is 17.0. The van der Waals surface area contributed by atoms with Crippen molar-refractivity contribution in [1.29, 1.82) is 0 Å². The third kappa shape index (κ3) is 4.13. The van der Waals surface area contributed by atoms with Gasteiger partial charge in [0.15, 0.2) is 0 Å². The average molecular weight is 349 g/mol. The van der Waals surface area contributed by atoms with E-state index in [2.05, 4.69) is 41.4 Å². The fraction of sp³-hybridized carbons (Fsp3) is 0.632. The second-order valence-corrected chi connectivity index (χ2v) is 8.25. The minimum absolute atomic E-state index is 0.193. The second-order valence-electron chi connectivity index (χ2n) is 7.02. The van der Waals surface area contributed by atoms with Crippen LogP contribution in [0.4, 0.5) is 0 Å². The summed E-state index contributed by atoms with van der Waals surface area (Å²) in [6.45, 7) is 4.81. The number of likely N-dealkylation sites (tertiary alicyclic amines) is 1. The number of nitrogens with one attached hydrogen (secondary N) is 1. The lowest BCUT2D eigenvalue weighted by Gasteiger charge is -2.33. The summed E-state index contributed by atoms with van der Waals surface area (Å²) in [4.78, 5) is 15.0. The molecule has 0 bridgehead atoms. The van der Waals surface area contributed by atoms with Gasteiger partial charge in [-0.2, -0.15) is 11.8 Å². The summed E-state index contributed by atoms with van der Waals surface area (Å²) in [6.07, 6.45) is 3.56. The van der Waals surface area contributed by atoms with E-state index >= 15 is 0 Å². The predicted molar refractivity (Wildman–Crippen MR) is 99.2 cm³/mol. The summed E-state index contributed by atoms with van der Waals surface area (Å²) in [5.41, 5.74) is 1.32. The Morgan fingerprint density at radius 1 is 1.25 bits per heavy atom. The van der Waals surface area contributed by atoms with Crippen molar-refractivity contribution in [1.82, 2.24) is 10.2 Å². The van der Waals surface area contributed by atoms with Gasteiger partial charge in [0.2, 0.25) is 0 Å². The van der Waals surface area contributed by atoms with Gasteiger partial charge in [0.25, 0.3) is 5.91 Å². The summed E-state index contributed by atoms with van der Waals surface area (Å²) in [7, 11) is 0. The van der Waals surface area contributed by atoms with Gasteiger partial charge in [-0.15, -0.1) is 0 Å². The number of amides is 1. The van der Waals surface area contributed by atoms with E-state index in [9.17, 15) is 9.90 Å². The van der Waals surface area contributed by atoms with Crippen LogP contribution in [-0.4, -0.2) is 52.7 Å². The molecular formula is C19H28N2O2S. The van der Waals surface area contributed by atoms with Crippen molar-refractivity contribution in [3.05, 3.63) is 35.4 Å². The Balaban J connectivity index is 1.67. The first-order valence-corrected chi connectivity index (χ1v) is 10.1. The van der Waals surface area contributed by atoms with E-state index in [-0.39, 0.29) is 11.9 Å². The van der Waals surface area contributed by atoms with Gasteiger partial charge in [0.05, 0.1) is 6.04 Å². The molecule has 0 spiro atoms. The first-order valence-electron chi connectivity index (χ1n) is 8.97. The molecule has 1 unspecified atom stereocenters. The smallest absolute Gasteiger partial charge is 0.252 e. The minimum atomic E-state index is -1.17. The van der Waals surface area contributed by atoms with Gasteiger partial charge < -0.3 is 10.4 Å². The molecule has 2 heterocycles. The number of aryl methyl sites for hydroxylation is 1. The predicted octanol–water partition coefficient (Wildman–Crippen LogP) is 2.51. The van der Waals surface area contributed by atoms with Crippen LogP contribution in [0, 0.1) is 6.92 Å². The van der Waals surface area contributed by atoms with E-state index in [1.807, 2.05) is 11.8 Å². The van der Waals surface area contributed by atoms with Crippen molar-refractivity contribution >= 4 is 17.7 Å². The maximum absolute atomic E-state index is 12.5. The zero-order valence-corrected chi connectivity index (χ0v) is 15.3. The third-order valence-electron chi connectivity index (χ3n) is 5.24. The Hall–Kier alpha value is -1.04. The van der Waals surface area contributed by atoms with Crippen molar-refractivity contribution in [3.63, 3.8) is 0 Å². The molecule has 1 aromatic carbocycles. The van der Waals surface area contributed by atoms with Crippen LogP contribution in [0.5, 0.6) is 0 Å². The Kier molecular flexibility index (Phi) is 5.85. The molecule has 2 aliphatic rings. The Morgan fingerprint density at radius 2 is 1.88 bits per heavy atom. The molecule has 0 aliphatic carbocycles. The molecule has 1 amide bonds. The maximum Gasteiger partial charge on any atom is 0.252 e. The number of thioether (sulfide) groups is 1. The number of hydrogen-bond acceptors (Lipinski definition) is 4. The molecule has 5 heteroatoms. The third-order valence-corrected chi connectivity index (χ3v) is 6.23. The standard InChI is InChI=1S/C19H28N2O2S/c1-15-4-6-16(7-5-15)17(21-10-2-3-11-21)14-20-18(22)19(23)8-12-24-13-9-19/h4-7,17,23H,2-3,8-14H2,1H3,(H,20,22). The lowest BCUT2D eigenvalue weighted by molar-refractivity contribution is -0.140. The number of rotatable bonds is 5. The van der Waals surface area contributed by atoms with E-state index in [0.717, 1.165) is 24.6 Å². The van der Waals surface area contributed by atoms with Crippen LogP contribution in [0.15, 0.2) is 24.3 Å². The highest BCUT2D eigenvalue weighted by molar-refractivity contribution is 7.99. The van der Waals surface area contributed by atoms with E-state index in [1.165, 1.54) is 24.0 Å². The maximum atomic E-state index is 12.5. The molecule has 2 N–H and O–H groups in total. The van der Waals surface area contributed by atoms with Gasteiger partial charge in [-0.25, -0.2) is 0 Å². The number of aliphatic hydroxyl groups is 1. The van der Waals surface area contributed by atoms with E-state index in [0.29, 0.717) is 19.4 Å². The molecular weight excluding hydrogens is 320 g/mol. The summed E-state index contributed by atoms with van der Waals surface area (Å²) >= 11 is 1.81. The highest BCUT2D eigenvalue weighted by Gasteiger charge is 2.37. The van der Waals surface area contributed by atoms with Crippen LogP contribution in [0.3, 0.4) is 0 Å². The lowest BCUT2D eigenvalue weighted by atomic mass is 9.95. The highest BCUT2D eigenvalue weighted by Crippen LogP contribution is 2.28. The van der Waals surface area contributed by atoms with Crippen LogP contribution >= 0.6 is 11.8 Å². The van der Waals surface area contributed by atoms with Crippen molar-refractivity contribution in [2.75, 3.05) is 31.1 Å². The molecule has 132 valence electrons. The number of carbonyl (C=O) groups excluding carboxylic acids is 1. The van der Waals surface area contributed by atoms with Gasteiger partial charge in [-0.3, -0.25) is 9.69 Å². The molecule has 2 saturated heterocycles. The molecule has 1 aromatic rings. The Morgan fingerprint density at radius 3 is 2.50 bits per heavy atom. The highest BCUT2D eigenvalue weighted by atomic mass is 32.2. The van der Waals surface area contributed by atoms with Crippen molar-refractivity contribution in [3.8, 4) is 0 Å². The number of hydrogen-bond donors (Lipinski definition) is 2. The second kappa shape index (κ2) is 7.89. The van der Waals surface area contributed by atoms with Gasteiger partial charge in [0, 0.05) is 6.54 Å². The Bertz CT molecular complexity index is 549. The van der Waals surface area contributed by atoms with Gasteiger partial charge in [0.1, 0.15) is 5.60 Å². The van der Waals surface area contributed by atoms with Crippen LogP contribution in [0.1, 0.15) is 42.9 Å². The molecule has 1 atom stereocenters. The molecule has 4 nitrogen and oxygen atoms in total. The summed E-state index contributed by atoms with van der Waals surface area (Å²) in [5, 5.41) is 13.6. The molecule has 0 radical (unpaired) electrons. The summed E-state index contributed by atoms with van der Waals surface area (Å²) in [5.74, 6) is 1.52. The van der Waals surface area contributed by atoms with Crippen LogP contribution < -0.4 is 5.32 Å². The largest absolute Gasteiger partial charge is 0.380 e. The van der Waals surface area contributed by atoms with Crippen LogP contribution in [0.25, 0.3) is 0 Å². The molecule has 2 aliphatic heterocycles. The Labute approximate surface area is 149 Å². The quantitative estimate of drug-likeness (QED) is 0.858. The fourth-order valence-corrected chi connectivity index (χ4v) is 4.76. The summed E-state index contributed by atoms with van der Waals surface area (Å²) in [6, 6.07) is 8.78. The van der Waals surface area contributed by atoms with Crippen LogP contribution in [0.2, 0.25) is 0 Å². The summed E-state index contributed by atoms with van der Waals surface area (Å²) < 4.78 is 0. The van der Waals surface area contributed by atoms with E-state index in [4.69, 9.17) is 0 Å². The fourth-order valence-electron chi connectivity index (χ4n) is 3.59. The zero-order valence-electron chi connectivity index (χ0n) is 14.5. The van der Waals surface area contributed by atoms with Gasteiger partial charge >= 0.3 is 0 Å². The van der Waals surface area contributed by atoms with Gasteiger partial charge in [-0.1, -0.05) is 29.8 Å². The van der Waals surface area contributed by atoms with Crippen molar-refractivity contribution < 1.29 is 9.90 Å². The lowest BCUT2D eigenvalue weighted by Crippen LogP contribution is -2.50. The van der Waals surface area contributed by atoms with E-state index in [1.54, 1.807) is 0 Å². The average Bonchev–Trinajstić information content (AvgIpc) is 3.11. The molecule has 0 aromatic heterocycles. The van der Waals surface area contributed by atoms with Crippen molar-refractivity contribution in [2.45, 2.75) is 44.2 Å². The van der Waals surface area contributed by atoms with E-state index < -0.39 is 5.60 Å². The topological polar surface area (TPSA) is 52.6 Å². The van der Waals surface area contributed by atoms with Gasteiger partial charge in [-0.05, 0) is 62.8 Å². The first kappa shape index (κ1) is 17.8. The number of carbonyl (C=O) groups is 1. The van der Waals surface area contributed by atoms with Crippen LogP contribution in [-0.2, 0) is 4.79 Å². The minimum Gasteiger partial charge on any atom is -0.380 e.